The summed E-state index contributed by atoms with van der Waals surface area (Å²) < 4.78 is 0. The fourth-order valence-corrected chi connectivity index (χ4v) is 0.551. The van der Waals surface area contributed by atoms with Crippen molar-refractivity contribution in [2.75, 3.05) is 0 Å². The quantitative estimate of drug-likeness (QED) is 0.477. The van der Waals surface area contributed by atoms with Crippen LogP contribution in [0.1, 0.15) is 19.8 Å². The molecule has 0 spiro atoms. The molecule has 0 aliphatic heterocycles. The molecular weight excluding hydrogens is 103 g/mol. The molecule has 0 atom stereocenters. The second-order valence-corrected chi connectivity index (χ2v) is 1.63. The Bertz CT molecular complexity index is 11.1. The molecular formula is C4H9Mn. The first kappa shape index (κ1) is 5.52. The SMILES string of the molecule is CCC[CH2][Mn]. The summed E-state index contributed by atoms with van der Waals surface area (Å²) in [5, 5.41) is 1.16. The third-order valence-electron chi connectivity index (χ3n) is 0.487. The Hall–Kier alpha value is 0.519. The maximum absolute atomic E-state index is 3.31. The van der Waals surface area contributed by atoms with Gasteiger partial charge in [-0.25, -0.2) is 0 Å². The fraction of sp³-hybridized carbons (Fsp3) is 1.00. The van der Waals surface area contributed by atoms with Crippen LogP contribution in [0.5, 0.6) is 0 Å². The molecule has 32 valence electrons. The van der Waals surface area contributed by atoms with Crippen LogP contribution in [0.25, 0.3) is 0 Å². The molecule has 0 saturated heterocycles. The zero-order valence-corrected chi connectivity index (χ0v) is 4.68. The summed E-state index contributed by atoms with van der Waals surface area (Å²) in [6.07, 6.45) is 2.60. The Balaban J connectivity index is 2.19. The van der Waals surface area contributed by atoms with E-state index >= 15 is 0 Å². The monoisotopic (exact) mass is 112 g/mol. The van der Waals surface area contributed by atoms with Crippen molar-refractivity contribution in [2.45, 2.75) is 25.1 Å². The van der Waals surface area contributed by atoms with Gasteiger partial charge in [-0.2, -0.15) is 0 Å². The zero-order valence-electron chi connectivity index (χ0n) is 3.50. The van der Waals surface area contributed by atoms with Gasteiger partial charge in [-0.15, -0.1) is 0 Å². The van der Waals surface area contributed by atoms with Gasteiger partial charge >= 0.3 is 41.1 Å². The molecule has 0 aromatic rings. The van der Waals surface area contributed by atoms with E-state index in [1.54, 1.807) is 0 Å². The molecule has 0 aromatic carbocycles. The molecule has 0 fully saturated rings. The second kappa shape index (κ2) is 4.52. The summed E-state index contributed by atoms with van der Waals surface area (Å²) in [5.41, 5.74) is 0. The summed E-state index contributed by atoms with van der Waals surface area (Å²) in [7, 11) is 0. The van der Waals surface area contributed by atoms with Crippen molar-refractivity contribution in [3.63, 3.8) is 0 Å². The summed E-state index contributed by atoms with van der Waals surface area (Å²) in [6.45, 7) is 2.18. The van der Waals surface area contributed by atoms with Gasteiger partial charge in [0.05, 0.1) is 0 Å². The van der Waals surface area contributed by atoms with Gasteiger partial charge in [0.15, 0.2) is 0 Å². The third-order valence-corrected chi connectivity index (χ3v) is 0.905. The Kier molecular flexibility index (Phi) is 4.99. The summed E-state index contributed by atoms with van der Waals surface area (Å²) in [4.78, 5) is 0. The molecule has 0 rings (SSSR count). The minimum atomic E-state index is 1.16. The third kappa shape index (κ3) is 4.52. The van der Waals surface area contributed by atoms with Crippen molar-refractivity contribution in [1.29, 1.82) is 0 Å². The van der Waals surface area contributed by atoms with Gasteiger partial charge in [-0.1, -0.05) is 0 Å². The van der Waals surface area contributed by atoms with E-state index in [0.717, 1.165) is 5.32 Å². The van der Waals surface area contributed by atoms with Crippen molar-refractivity contribution in [3.05, 3.63) is 0 Å². The van der Waals surface area contributed by atoms with Gasteiger partial charge < -0.3 is 0 Å². The summed E-state index contributed by atoms with van der Waals surface area (Å²) in [6, 6.07) is 0. The standard InChI is InChI=1S/C4H9.Mn/c1-3-4-2;/h1,3-4H2,2H3;. The van der Waals surface area contributed by atoms with Crippen LogP contribution in [0.15, 0.2) is 0 Å². The molecule has 1 heteroatoms. The van der Waals surface area contributed by atoms with Crippen molar-refractivity contribution < 1.29 is 16.0 Å². The van der Waals surface area contributed by atoms with E-state index in [1.807, 2.05) is 0 Å². The fourth-order valence-electron chi connectivity index (χ4n) is 0.134. The molecule has 0 heterocycles. The van der Waals surface area contributed by atoms with Crippen LogP contribution >= 0.6 is 0 Å². The average Bonchev–Trinajstić information content (AvgIpc) is 1.41. The first-order valence-corrected chi connectivity index (χ1v) is 2.81. The first-order valence-electron chi connectivity index (χ1n) is 1.97. The van der Waals surface area contributed by atoms with Crippen LogP contribution in [0, 0.1) is 0 Å². The second-order valence-electron chi connectivity index (χ2n) is 1.04. The Morgan fingerprint density at radius 3 is 2.20 bits per heavy atom. The molecule has 0 saturated carbocycles. The molecule has 0 amide bonds. The van der Waals surface area contributed by atoms with Crippen molar-refractivity contribution in [3.8, 4) is 0 Å². The van der Waals surface area contributed by atoms with Crippen LogP contribution in [0.3, 0.4) is 0 Å². The van der Waals surface area contributed by atoms with E-state index in [0.29, 0.717) is 0 Å². The molecule has 0 aliphatic rings. The minimum absolute atomic E-state index is 1.16. The molecule has 0 radical (unpaired) electrons. The van der Waals surface area contributed by atoms with Gasteiger partial charge in [-0.05, 0) is 0 Å². The van der Waals surface area contributed by atoms with Crippen molar-refractivity contribution in [1.82, 2.24) is 0 Å². The van der Waals surface area contributed by atoms with Crippen LogP contribution in [0.4, 0.5) is 0 Å². The molecule has 0 aliphatic carbocycles. The Morgan fingerprint density at radius 1 is 1.60 bits per heavy atom. The predicted octanol–water partition coefficient (Wildman–Crippen LogP) is 1.75. The van der Waals surface area contributed by atoms with E-state index in [2.05, 4.69) is 22.9 Å². The number of unbranched alkanes of at least 4 members (excludes halogenated alkanes) is 1. The average molecular weight is 112 g/mol. The molecule has 0 bridgehead atoms. The molecule has 0 unspecified atom stereocenters. The molecule has 5 heavy (non-hydrogen) atoms. The Labute approximate surface area is 41.8 Å². The number of rotatable bonds is 2. The van der Waals surface area contributed by atoms with E-state index in [9.17, 15) is 0 Å². The van der Waals surface area contributed by atoms with Gasteiger partial charge in [-0.3, -0.25) is 0 Å². The number of hydrogen-bond acceptors (Lipinski definition) is 0. The summed E-state index contributed by atoms with van der Waals surface area (Å²) >= 11 is 3.31. The maximum atomic E-state index is 3.31. The predicted molar refractivity (Wildman–Crippen MR) is 19.7 cm³/mol. The van der Waals surface area contributed by atoms with Gasteiger partial charge in [0.2, 0.25) is 0 Å². The van der Waals surface area contributed by atoms with Gasteiger partial charge in [0.1, 0.15) is 0 Å². The van der Waals surface area contributed by atoms with Gasteiger partial charge in [0, 0.05) is 0 Å². The van der Waals surface area contributed by atoms with Crippen LogP contribution < -0.4 is 0 Å². The van der Waals surface area contributed by atoms with E-state index < -0.39 is 0 Å². The normalized spacial score (nSPS) is 8.40. The zero-order chi connectivity index (χ0) is 4.12. The van der Waals surface area contributed by atoms with Crippen LogP contribution in [-0.4, -0.2) is 0 Å². The van der Waals surface area contributed by atoms with Crippen molar-refractivity contribution >= 4 is 0 Å². The van der Waals surface area contributed by atoms with Crippen LogP contribution in [-0.2, 0) is 16.0 Å². The topological polar surface area (TPSA) is 0 Å². The van der Waals surface area contributed by atoms with Crippen molar-refractivity contribution in [2.24, 2.45) is 0 Å². The Morgan fingerprint density at radius 2 is 2.20 bits per heavy atom. The van der Waals surface area contributed by atoms with E-state index in [-0.39, 0.29) is 0 Å². The van der Waals surface area contributed by atoms with E-state index in [1.165, 1.54) is 12.8 Å². The van der Waals surface area contributed by atoms with Crippen LogP contribution in [0.2, 0.25) is 5.32 Å². The van der Waals surface area contributed by atoms with Gasteiger partial charge in [0.25, 0.3) is 0 Å². The van der Waals surface area contributed by atoms with E-state index in [4.69, 9.17) is 0 Å². The molecule has 0 aromatic heterocycles. The first-order chi connectivity index (χ1) is 2.41. The summed E-state index contributed by atoms with van der Waals surface area (Å²) in [5.74, 6) is 0. The number of hydrogen-bond donors (Lipinski definition) is 0. The molecule has 0 N–H and O–H groups in total. The molecule has 0 nitrogen and oxygen atoms in total.